The second-order valence-corrected chi connectivity index (χ2v) is 7.76. The van der Waals surface area contributed by atoms with Crippen LogP contribution in [0.1, 0.15) is 49.4 Å². The average Bonchev–Trinajstić information content (AvgIpc) is 3.28. The Kier molecular flexibility index (Phi) is 8.66. The average molecular weight is 505 g/mol. The summed E-state index contributed by atoms with van der Waals surface area (Å²) in [5, 5.41) is 6.77. The van der Waals surface area contributed by atoms with E-state index in [1.165, 1.54) is 32.1 Å². The van der Waals surface area contributed by atoms with E-state index >= 15 is 0 Å². The van der Waals surface area contributed by atoms with Gasteiger partial charge >= 0.3 is 0 Å². The van der Waals surface area contributed by atoms with Crippen molar-refractivity contribution in [1.29, 1.82) is 0 Å². The largest absolute Gasteiger partial charge is 0.357 e. The molecule has 0 aromatic heterocycles. The van der Waals surface area contributed by atoms with Gasteiger partial charge < -0.3 is 15.5 Å². The van der Waals surface area contributed by atoms with E-state index in [9.17, 15) is 4.79 Å². The Morgan fingerprint density at radius 1 is 1.22 bits per heavy atom. The third kappa shape index (κ3) is 5.73. The number of hydrogen-bond acceptors (Lipinski definition) is 2. The van der Waals surface area contributed by atoms with Gasteiger partial charge in [-0.05, 0) is 43.7 Å². The summed E-state index contributed by atoms with van der Waals surface area (Å²) in [6.45, 7) is 6.20. The zero-order chi connectivity index (χ0) is 18.4. The van der Waals surface area contributed by atoms with Gasteiger partial charge in [-0.1, -0.05) is 36.6 Å². The predicted molar refractivity (Wildman–Crippen MR) is 122 cm³/mol. The van der Waals surface area contributed by atoms with Crippen LogP contribution in [0.5, 0.6) is 0 Å². The summed E-state index contributed by atoms with van der Waals surface area (Å²) in [7, 11) is 0. The molecule has 27 heavy (non-hydrogen) atoms. The van der Waals surface area contributed by atoms with Crippen LogP contribution in [0.2, 0.25) is 5.02 Å². The number of guanidine groups is 1. The van der Waals surface area contributed by atoms with Crippen molar-refractivity contribution in [2.45, 2.75) is 39.0 Å². The minimum Gasteiger partial charge on any atom is -0.357 e. The van der Waals surface area contributed by atoms with E-state index in [0.717, 1.165) is 25.6 Å². The van der Waals surface area contributed by atoms with Gasteiger partial charge in [0.15, 0.2) is 5.96 Å². The van der Waals surface area contributed by atoms with Crippen LogP contribution in [0, 0.1) is 5.41 Å². The van der Waals surface area contributed by atoms with E-state index in [2.05, 4.69) is 22.5 Å². The fourth-order valence-corrected chi connectivity index (χ4v) is 4.37. The van der Waals surface area contributed by atoms with Crippen LogP contribution in [0.3, 0.4) is 0 Å². The monoisotopic (exact) mass is 504 g/mol. The Morgan fingerprint density at radius 3 is 2.67 bits per heavy atom. The zero-order valence-electron chi connectivity index (χ0n) is 16.0. The van der Waals surface area contributed by atoms with E-state index in [0.29, 0.717) is 29.1 Å². The summed E-state index contributed by atoms with van der Waals surface area (Å²) < 4.78 is 0. The highest BCUT2D eigenvalue weighted by Crippen LogP contribution is 2.45. The minimum absolute atomic E-state index is 0. The van der Waals surface area contributed by atoms with Crippen molar-refractivity contribution in [3.05, 3.63) is 34.9 Å². The lowest BCUT2D eigenvalue weighted by Crippen LogP contribution is -2.41. The van der Waals surface area contributed by atoms with Crippen molar-refractivity contribution >= 4 is 47.4 Å². The SMILES string of the molecule is CCNC(=NCCNC(=O)c1ccccc1Cl)N1CCC2(CCCC2)C1.I. The maximum Gasteiger partial charge on any atom is 0.252 e. The molecule has 1 aromatic rings. The Labute approximate surface area is 184 Å². The standard InChI is InChI=1S/C20H29ClN4O.HI/c1-2-22-19(25-14-11-20(15-25)9-5-6-10-20)24-13-12-23-18(26)16-7-3-4-8-17(16)21;/h3-4,7-8H,2,5-6,9-15H2,1H3,(H,22,24)(H,23,26);1H. The minimum atomic E-state index is -0.151. The molecule has 1 aromatic carbocycles. The number of amides is 1. The van der Waals surface area contributed by atoms with Crippen LogP contribution < -0.4 is 10.6 Å². The van der Waals surface area contributed by atoms with Crippen LogP contribution >= 0.6 is 35.6 Å². The van der Waals surface area contributed by atoms with Gasteiger partial charge in [-0.2, -0.15) is 0 Å². The maximum atomic E-state index is 12.2. The van der Waals surface area contributed by atoms with Crippen molar-refractivity contribution in [3.8, 4) is 0 Å². The molecule has 0 bridgehead atoms. The molecule has 1 spiro atoms. The number of aliphatic imine (C=N–C) groups is 1. The first-order chi connectivity index (χ1) is 12.6. The molecule has 7 heteroatoms. The van der Waals surface area contributed by atoms with E-state index in [1.807, 2.05) is 12.1 Å². The van der Waals surface area contributed by atoms with Gasteiger partial charge in [-0.25, -0.2) is 0 Å². The van der Waals surface area contributed by atoms with E-state index in [4.69, 9.17) is 16.6 Å². The topological polar surface area (TPSA) is 56.7 Å². The smallest absolute Gasteiger partial charge is 0.252 e. The molecule has 3 rings (SSSR count). The van der Waals surface area contributed by atoms with E-state index < -0.39 is 0 Å². The lowest BCUT2D eigenvalue weighted by molar-refractivity contribution is 0.0955. The number of hydrogen-bond donors (Lipinski definition) is 2. The molecule has 2 N–H and O–H groups in total. The number of carbonyl (C=O) groups is 1. The highest BCUT2D eigenvalue weighted by molar-refractivity contribution is 14.0. The Bertz CT molecular complexity index is 661. The molecule has 0 unspecified atom stereocenters. The summed E-state index contributed by atoms with van der Waals surface area (Å²) in [6.07, 6.45) is 6.74. The number of benzene rings is 1. The molecule has 2 fully saturated rings. The van der Waals surface area contributed by atoms with E-state index in [1.54, 1.807) is 12.1 Å². The zero-order valence-corrected chi connectivity index (χ0v) is 19.1. The van der Waals surface area contributed by atoms with Gasteiger partial charge in [0.25, 0.3) is 5.91 Å². The van der Waals surface area contributed by atoms with Crippen LogP contribution in [-0.2, 0) is 0 Å². The molecule has 1 amide bonds. The van der Waals surface area contributed by atoms with Crippen LogP contribution in [0.15, 0.2) is 29.3 Å². The first-order valence-electron chi connectivity index (χ1n) is 9.69. The highest BCUT2D eigenvalue weighted by Gasteiger charge is 2.41. The molecule has 1 aliphatic carbocycles. The molecular weight excluding hydrogens is 475 g/mol. The number of nitrogens with one attached hydrogen (secondary N) is 2. The Balaban J connectivity index is 0.00000261. The lowest BCUT2D eigenvalue weighted by atomic mass is 9.86. The van der Waals surface area contributed by atoms with Crippen molar-refractivity contribution < 1.29 is 4.79 Å². The van der Waals surface area contributed by atoms with Gasteiger partial charge in [0.1, 0.15) is 0 Å². The van der Waals surface area contributed by atoms with Gasteiger partial charge in [0.05, 0.1) is 17.1 Å². The number of likely N-dealkylation sites (tertiary alicyclic amines) is 1. The van der Waals surface area contributed by atoms with Crippen molar-refractivity contribution in [2.24, 2.45) is 10.4 Å². The fraction of sp³-hybridized carbons (Fsp3) is 0.600. The normalized spacial score (nSPS) is 18.4. The number of rotatable bonds is 5. The van der Waals surface area contributed by atoms with Crippen molar-refractivity contribution in [3.63, 3.8) is 0 Å². The predicted octanol–water partition coefficient (Wildman–Crippen LogP) is 3.92. The molecule has 5 nitrogen and oxygen atoms in total. The summed E-state index contributed by atoms with van der Waals surface area (Å²) in [6, 6.07) is 7.09. The van der Waals surface area contributed by atoms with Gasteiger partial charge in [-0.15, -0.1) is 24.0 Å². The summed E-state index contributed by atoms with van der Waals surface area (Å²) in [5.41, 5.74) is 1.03. The molecular formula is C20H30ClIN4O. The summed E-state index contributed by atoms with van der Waals surface area (Å²) >= 11 is 6.06. The van der Waals surface area contributed by atoms with Gasteiger partial charge in [-0.3, -0.25) is 9.79 Å². The molecule has 1 saturated heterocycles. The van der Waals surface area contributed by atoms with Gasteiger partial charge in [0, 0.05) is 26.2 Å². The third-order valence-electron chi connectivity index (χ3n) is 5.51. The van der Waals surface area contributed by atoms with Crippen molar-refractivity contribution in [2.75, 3.05) is 32.7 Å². The number of nitrogens with zero attached hydrogens (tertiary/aromatic N) is 2. The molecule has 150 valence electrons. The molecule has 1 saturated carbocycles. The molecule has 1 aliphatic heterocycles. The van der Waals surface area contributed by atoms with E-state index in [-0.39, 0.29) is 29.9 Å². The molecule has 1 heterocycles. The fourth-order valence-electron chi connectivity index (χ4n) is 4.15. The maximum absolute atomic E-state index is 12.2. The van der Waals surface area contributed by atoms with Crippen LogP contribution in [0.4, 0.5) is 0 Å². The molecule has 0 radical (unpaired) electrons. The first kappa shape index (κ1) is 22.3. The van der Waals surface area contributed by atoms with Gasteiger partial charge in [0.2, 0.25) is 0 Å². The quantitative estimate of drug-likeness (QED) is 0.277. The Hall–Kier alpha value is -1.02. The first-order valence-corrected chi connectivity index (χ1v) is 10.1. The number of halogens is 2. The Morgan fingerprint density at radius 2 is 1.96 bits per heavy atom. The van der Waals surface area contributed by atoms with Crippen LogP contribution in [0.25, 0.3) is 0 Å². The summed E-state index contributed by atoms with van der Waals surface area (Å²) in [5.74, 6) is 0.824. The second kappa shape index (κ2) is 10.5. The molecule has 0 atom stereocenters. The second-order valence-electron chi connectivity index (χ2n) is 7.35. The lowest BCUT2D eigenvalue weighted by Gasteiger charge is -2.26. The van der Waals surface area contributed by atoms with Crippen molar-refractivity contribution in [1.82, 2.24) is 15.5 Å². The number of carbonyl (C=O) groups excluding carboxylic acids is 1. The van der Waals surface area contributed by atoms with Crippen LogP contribution in [-0.4, -0.2) is 49.5 Å². The molecule has 2 aliphatic rings. The summed E-state index contributed by atoms with van der Waals surface area (Å²) in [4.78, 5) is 19.3. The third-order valence-corrected chi connectivity index (χ3v) is 5.84. The highest BCUT2D eigenvalue weighted by atomic mass is 127.